The van der Waals surface area contributed by atoms with Gasteiger partial charge in [0, 0.05) is 31.8 Å². The molecule has 0 aliphatic heterocycles. The molecule has 8 heteroatoms. The highest BCUT2D eigenvalue weighted by Crippen LogP contribution is 2.36. The Morgan fingerprint density at radius 2 is 2.10 bits per heavy atom. The summed E-state index contributed by atoms with van der Waals surface area (Å²) in [7, 11) is 3.33. The van der Waals surface area contributed by atoms with Crippen LogP contribution in [0.15, 0.2) is 42.5 Å². The third-order valence-electron chi connectivity index (χ3n) is 5.16. The van der Waals surface area contributed by atoms with E-state index in [9.17, 15) is 4.79 Å². The molecule has 0 unspecified atom stereocenters. The van der Waals surface area contributed by atoms with Gasteiger partial charge in [-0.25, -0.2) is 0 Å². The van der Waals surface area contributed by atoms with Crippen LogP contribution in [0.1, 0.15) is 47.1 Å². The van der Waals surface area contributed by atoms with E-state index in [-0.39, 0.29) is 12.0 Å². The van der Waals surface area contributed by atoms with Crippen LogP contribution in [0.3, 0.4) is 0 Å². The molecule has 1 saturated carbocycles. The van der Waals surface area contributed by atoms with Gasteiger partial charge in [0.05, 0.1) is 18.4 Å². The number of aromatic amines is 1. The van der Waals surface area contributed by atoms with Crippen molar-refractivity contribution in [3.63, 3.8) is 0 Å². The molecular formula is C21H25N5O3. The summed E-state index contributed by atoms with van der Waals surface area (Å²) in [5.74, 6) is 1.50. The Labute approximate surface area is 169 Å². The quantitative estimate of drug-likeness (QED) is 0.640. The molecule has 0 saturated heterocycles. The maximum atomic E-state index is 12.6. The van der Waals surface area contributed by atoms with Gasteiger partial charge in [-0.2, -0.15) is 10.2 Å². The summed E-state index contributed by atoms with van der Waals surface area (Å²) in [5.41, 5.74) is 2.18. The van der Waals surface area contributed by atoms with Crippen LogP contribution < -0.4 is 10.1 Å². The standard InChI is InChI=1S/C21H25N5O3/c1-26-19(11-15(25-26)13-28-2)21(27)22-20-12-18(23-24-20)14-8-9-17(10-14)29-16-6-4-3-5-7-16/h3-7,11-12,14,17H,8-10,13H2,1-2H3,(H2,22,23,24,27)/t14-,17+/m0/s1. The van der Waals surface area contributed by atoms with Crippen molar-refractivity contribution in [1.29, 1.82) is 0 Å². The van der Waals surface area contributed by atoms with Crippen molar-refractivity contribution < 1.29 is 14.3 Å². The lowest BCUT2D eigenvalue weighted by atomic mass is 10.0. The van der Waals surface area contributed by atoms with Crippen LogP contribution >= 0.6 is 0 Å². The van der Waals surface area contributed by atoms with E-state index in [1.54, 1.807) is 24.9 Å². The van der Waals surface area contributed by atoms with Gasteiger partial charge in [0.15, 0.2) is 5.82 Å². The molecule has 2 atom stereocenters. The number of ether oxygens (including phenoxy) is 2. The Balaban J connectivity index is 1.36. The van der Waals surface area contributed by atoms with Gasteiger partial charge in [0.25, 0.3) is 5.91 Å². The third kappa shape index (κ3) is 4.48. The molecule has 0 bridgehead atoms. The fourth-order valence-corrected chi connectivity index (χ4v) is 3.77. The number of nitrogens with zero attached hydrogens (tertiary/aromatic N) is 3. The fourth-order valence-electron chi connectivity index (χ4n) is 3.77. The van der Waals surface area contributed by atoms with Crippen molar-refractivity contribution in [2.24, 2.45) is 7.05 Å². The first-order chi connectivity index (χ1) is 14.1. The van der Waals surface area contributed by atoms with E-state index in [1.165, 1.54) is 0 Å². The number of hydrogen-bond donors (Lipinski definition) is 2. The van der Waals surface area contributed by atoms with Crippen LogP contribution in [0.4, 0.5) is 5.82 Å². The lowest BCUT2D eigenvalue weighted by Gasteiger charge is -2.13. The Morgan fingerprint density at radius 1 is 1.28 bits per heavy atom. The predicted molar refractivity (Wildman–Crippen MR) is 108 cm³/mol. The summed E-state index contributed by atoms with van der Waals surface area (Å²) >= 11 is 0. The minimum Gasteiger partial charge on any atom is -0.490 e. The first-order valence-corrected chi connectivity index (χ1v) is 9.72. The Hall–Kier alpha value is -3.13. The second-order valence-corrected chi connectivity index (χ2v) is 7.30. The molecule has 1 fully saturated rings. The number of rotatable bonds is 7. The number of carbonyl (C=O) groups is 1. The Kier molecular flexibility index (Phi) is 5.62. The van der Waals surface area contributed by atoms with E-state index in [1.807, 2.05) is 36.4 Å². The summed E-state index contributed by atoms with van der Waals surface area (Å²) in [5, 5.41) is 14.4. The second-order valence-electron chi connectivity index (χ2n) is 7.30. The molecule has 0 radical (unpaired) electrons. The molecular weight excluding hydrogens is 370 g/mol. The highest BCUT2D eigenvalue weighted by atomic mass is 16.5. The van der Waals surface area contributed by atoms with Gasteiger partial charge in [0.1, 0.15) is 11.4 Å². The lowest BCUT2D eigenvalue weighted by molar-refractivity contribution is 0.101. The smallest absolute Gasteiger partial charge is 0.275 e. The average Bonchev–Trinajstić information content (AvgIpc) is 3.43. The summed E-state index contributed by atoms with van der Waals surface area (Å²) in [4.78, 5) is 12.6. The molecule has 8 nitrogen and oxygen atoms in total. The van der Waals surface area contributed by atoms with Crippen molar-refractivity contribution in [3.8, 4) is 5.75 Å². The van der Waals surface area contributed by atoms with Crippen molar-refractivity contribution in [2.75, 3.05) is 12.4 Å². The first-order valence-electron chi connectivity index (χ1n) is 9.72. The number of H-pyrrole nitrogens is 1. The van der Waals surface area contributed by atoms with Crippen LogP contribution in [-0.2, 0) is 18.4 Å². The number of anilines is 1. The number of amides is 1. The van der Waals surface area contributed by atoms with Gasteiger partial charge in [-0.15, -0.1) is 0 Å². The summed E-state index contributed by atoms with van der Waals surface area (Å²) in [6.07, 6.45) is 3.14. The maximum absolute atomic E-state index is 12.6. The zero-order valence-corrected chi connectivity index (χ0v) is 16.6. The third-order valence-corrected chi connectivity index (χ3v) is 5.16. The number of benzene rings is 1. The SMILES string of the molecule is COCc1cc(C(=O)Nc2cc([C@H]3CC[C@@H](Oc4ccccc4)C3)[nH]n2)n(C)n1. The van der Waals surface area contributed by atoms with Gasteiger partial charge in [-0.05, 0) is 37.5 Å². The Morgan fingerprint density at radius 3 is 2.90 bits per heavy atom. The second kappa shape index (κ2) is 8.48. The minimum absolute atomic E-state index is 0.192. The van der Waals surface area contributed by atoms with Crippen molar-refractivity contribution in [2.45, 2.75) is 37.9 Å². The molecule has 0 spiro atoms. The van der Waals surface area contributed by atoms with Crippen LogP contribution in [0, 0.1) is 0 Å². The van der Waals surface area contributed by atoms with Crippen LogP contribution in [0.2, 0.25) is 0 Å². The zero-order chi connectivity index (χ0) is 20.2. The number of hydrogen-bond acceptors (Lipinski definition) is 5. The van der Waals surface area contributed by atoms with E-state index in [0.717, 1.165) is 30.7 Å². The first kappa shape index (κ1) is 19.2. The van der Waals surface area contributed by atoms with Gasteiger partial charge in [-0.3, -0.25) is 14.6 Å². The number of aromatic nitrogens is 4. The number of carbonyl (C=O) groups excluding carboxylic acids is 1. The topological polar surface area (TPSA) is 94.1 Å². The van der Waals surface area contributed by atoms with Crippen molar-refractivity contribution in [3.05, 3.63) is 59.5 Å². The monoisotopic (exact) mass is 395 g/mol. The van der Waals surface area contributed by atoms with Crippen molar-refractivity contribution in [1.82, 2.24) is 20.0 Å². The summed E-state index contributed by atoms with van der Waals surface area (Å²) < 4.78 is 12.7. The zero-order valence-electron chi connectivity index (χ0n) is 16.6. The van der Waals surface area contributed by atoms with Gasteiger partial charge in [0.2, 0.25) is 0 Å². The van der Waals surface area contributed by atoms with E-state index in [2.05, 4.69) is 20.6 Å². The van der Waals surface area contributed by atoms with Crippen molar-refractivity contribution >= 4 is 11.7 Å². The van der Waals surface area contributed by atoms with Crippen LogP contribution in [-0.4, -0.2) is 39.1 Å². The number of methoxy groups -OCH3 is 1. The molecule has 2 heterocycles. The van der Waals surface area contributed by atoms with Crippen LogP contribution in [0.25, 0.3) is 0 Å². The fraction of sp³-hybridized carbons (Fsp3) is 0.381. The predicted octanol–water partition coefficient (Wildman–Crippen LogP) is 3.26. The van der Waals surface area contributed by atoms with Gasteiger partial charge in [-0.1, -0.05) is 18.2 Å². The lowest BCUT2D eigenvalue weighted by Crippen LogP contribution is -2.16. The maximum Gasteiger partial charge on any atom is 0.275 e. The highest BCUT2D eigenvalue weighted by molar-refractivity contribution is 6.02. The van der Waals surface area contributed by atoms with E-state index in [0.29, 0.717) is 29.7 Å². The minimum atomic E-state index is -0.253. The van der Waals surface area contributed by atoms with E-state index >= 15 is 0 Å². The summed E-state index contributed by atoms with van der Waals surface area (Å²) in [6, 6.07) is 13.5. The molecule has 1 aliphatic carbocycles. The number of para-hydroxylation sites is 1. The number of aryl methyl sites for hydroxylation is 1. The summed E-state index contributed by atoms with van der Waals surface area (Å²) in [6.45, 7) is 0.363. The normalized spacial score (nSPS) is 18.7. The molecule has 29 heavy (non-hydrogen) atoms. The molecule has 1 aromatic carbocycles. The molecule has 2 N–H and O–H groups in total. The van der Waals surface area contributed by atoms with E-state index < -0.39 is 0 Å². The molecule has 1 amide bonds. The molecule has 2 aromatic heterocycles. The Bertz CT molecular complexity index is 966. The van der Waals surface area contributed by atoms with Gasteiger partial charge >= 0.3 is 0 Å². The van der Waals surface area contributed by atoms with Gasteiger partial charge < -0.3 is 14.8 Å². The largest absolute Gasteiger partial charge is 0.490 e. The molecule has 152 valence electrons. The molecule has 4 rings (SSSR count). The average molecular weight is 395 g/mol. The molecule has 3 aromatic rings. The number of nitrogens with one attached hydrogen (secondary N) is 2. The van der Waals surface area contributed by atoms with Crippen LogP contribution in [0.5, 0.6) is 5.75 Å². The van der Waals surface area contributed by atoms with E-state index in [4.69, 9.17) is 9.47 Å². The molecule has 1 aliphatic rings. The highest BCUT2D eigenvalue weighted by Gasteiger charge is 2.29.